The van der Waals surface area contributed by atoms with Gasteiger partial charge in [0.1, 0.15) is 13.2 Å². The third-order valence-electron chi connectivity index (χ3n) is 3.84. The van der Waals surface area contributed by atoms with E-state index in [-0.39, 0.29) is 5.88 Å². The van der Waals surface area contributed by atoms with E-state index < -0.39 is 0 Å². The van der Waals surface area contributed by atoms with Crippen molar-refractivity contribution in [2.75, 3.05) is 58.2 Å². The van der Waals surface area contributed by atoms with Crippen molar-refractivity contribution < 1.29 is 28.8 Å². The molecule has 0 saturated carbocycles. The minimum Gasteiger partial charge on any atom is -0.860 e. The molecule has 1 aliphatic carbocycles. The highest BCUT2D eigenvalue weighted by atomic mass is 16.6. The highest BCUT2D eigenvalue weighted by molar-refractivity contribution is 5.58. The largest absolute Gasteiger partial charge is 0.860 e. The quantitative estimate of drug-likeness (QED) is 0.788. The summed E-state index contributed by atoms with van der Waals surface area (Å²) in [6.45, 7) is 3.72. The van der Waals surface area contributed by atoms with Crippen LogP contribution in [0.3, 0.4) is 0 Å². The standard InChI is InChI=1S/C20H25NO6/c22-20(16-3-1-2-4-16)21-17-5-6-18-19(15-17)27-14-12-25-10-8-23-7-9-24-11-13-26-18/h1-6,15,21-22H,7-14H2/p-1. The monoisotopic (exact) mass is 374 g/mol. The Morgan fingerprint density at radius 3 is 1.93 bits per heavy atom. The summed E-state index contributed by atoms with van der Waals surface area (Å²) in [6.07, 6.45) is 7.17. The number of nitrogens with one attached hydrogen (secondary N) is 1. The molecule has 0 bridgehead atoms. The topological polar surface area (TPSA) is 81.2 Å². The zero-order valence-corrected chi connectivity index (χ0v) is 15.1. The second kappa shape index (κ2) is 10.6. The average Bonchev–Trinajstić information content (AvgIpc) is 3.21. The summed E-state index contributed by atoms with van der Waals surface area (Å²) in [4.78, 5) is 0. The summed E-state index contributed by atoms with van der Waals surface area (Å²) in [5, 5.41) is 15.1. The lowest BCUT2D eigenvalue weighted by molar-refractivity contribution is -0.300. The lowest BCUT2D eigenvalue weighted by Crippen LogP contribution is -2.16. The van der Waals surface area contributed by atoms with Gasteiger partial charge in [0, 0.05) is 11.8 Å². The number of fused-ring (bicyclic) bond motifs is 1. The molecule has 7 nitrogen and oxygen atoms in total. The SMILES string of the molecule is [O-]C(Nc1ccc2c(c1)OCCOCCOCCOCCO2)=C1C=CC=C1. The molecule has 0 unspecified atom stereocenters. The lowest BCUT2D eigenvalue weighted by Gasteiger charge is -2.19. The van der Waals surface area contributed by atoms with E-state index in [0.717, 1.165) is 0 Å². The Labute approximate surface area is 158 Å². The molecule has 1 aromatic rings. The molecule has 0 spiro atoms. The van der Waals surface area contributed by atoms with E-state index in [2.05, 4.69) is 5.32 Å². The fraction of sp³-hybridized carbons (Fsp3) is 0.400. The summed E-state index contributed by atoms with van der Waals surface area (Å²) >= 11 is 0. The van der Waals surface area contributed by atoms with Crippen LogP contribution < -0.4 is 19.9 Å². The van der Waals surface area contributed by atoms with Crippen LogP contribution in [0.1, 0.15) is 0 Å². The summed E-state index contributed by atoms with van der Waals surface area (Å²) < 4.78 is 27.8. The Balaban J connectivity index is 1.67. The molecular weight excluding hydrogens is 350 g/mol. The maximum atomic E-state index is 12.2. The molecule has 7 heteroatoms. The first-order valence-electron chi connectivity index (χ1n) is 8.99. The number of hydrogen-bond donors (Lipinski definition) is 1. The van der Waals surface area contributed by atoms with Gasteiger partial charge >= 0.3 is 0 Å². The van der Waals surface area contributed by atoms with Gasteiger partial charge < -0.3 is 34.1 Å². The molecule has 0 fully saturated rings. The van der Waals surface area contributed by atoms with Crippen molar-refractivity contribution in [3.8, 4) is 11.5 Å². The minimum absolute atomic E-state index is 0.172. The summed E-state index contributed by atoms with van der Waals surface area (Å²) in [5.74, 6) is 0.968. The molecule has 0 saturated heterocycles. The normalized spacial score (nSPS) is 18.6. The van der Waals surface area contributed by atoms with Gasteiger partial charge in [-0.05, 0) is 23.6 Å². The number of allylic oxidation sites excluding steroid dienone is 5. The number of rotatable bonds is 2. The van der Waals surface area contributed by atoms with Gasteiger partial charge in [-0.2, -0.15) is 0 Å². The average molecular weight is 374 g/mol. The van der Waals surface area contributed by atoms with Crippen molar-refractivity contribution in [3.05, 3.63) is 54.0 Å². The van der Waals surface area contributed by atoms with Gasteiger partial charge in [-0.15, -0.1) is 0 Å². The van der Waals surface area contributed by atoms with Crippen LogP contribution in [0.25, 0.3) is 0 Å². The molecule has 1 aliphatic heterocycles. The molecule has 0 aromatic heterocycles. The molecule has 2 aliphatic rings. The molecule has 3 rings (SSSR count). The first-order valence-corrected chi connectivity index (χ1v) is 8.99. The highest BCUT2D eigenvalue weighted by Crippen LogP contribution is 2.31. The Kier molecular flexibility index (Phi) is 7.58. The molecule has 0 amide bonds. The number of benzene rings is 1. The third-order valence-corrected chi connectivity index (χ3v) is 3.84. The third kappa shape index (κ3) is 6.32. The number of ether oxygens (including phenoxy) is 5. The molecule has 146 valence electrons. The number of anilines is 1. The van der Waals surface area contributed by atoms with Crippen molar-refractivity contribution in [1.29, 1.82) is 0 Å². The van der Waals surface area contributed by atoms with Crippen LogP contribution in [0.4, 0.5) is 5.69 Å². The smallest absolute Gasteiger partial charge is 0.163 e. The second-order valence-electron chi connectivity index (χ2n) is 5.82. The zero-order valence-electron chi connectivity index (χ0n) is 15.1. The van der Waals surface area contributed by atoms with Gasteiger partial charge in [0.25, 0.3) is 0 Å². The molecule has 1 aromatic carbocycles. The zero-order chi connectivity index (χ0) is 18.7. The van der Waals surface area contributed by atoms with Crippen LogP contribution in [-0.4, -0.2) is 52.9 Å². The van der Waals surface area contributed by atoms with E-state index in [9.17, 15) is 5.11 Å². The maximum absolute atomic E-state index is 12.2. The van der Waals surface area contributed by atoms with E-state index in [4.69, 9.17) is 23.7 Å². The van der Waals surface area contributed by atoms with Crippen LogP contribution in [0.2, 0.25) is 0 Å². The molecule has 27 heavy (non-hydrogen) atoms. The molecule has 0 atom stereocenters. The molecular formula is C20H24NO6-. The molecule has 1 N–H and O–H groups in total. The van der Waals surface area contributed by atoms with Crippen molar-refractivity contribution >= 4 is 5.69 Å². The van der Waals surface area contributed by atoms with Crippen molar-refractivity contribution in [3.63, 3.8) is 0 Å². The van der Waals surface area contributed by atoms with Gasteiger partial charge in [-0.1, -0.05) is 24.3 Å². The predicted molar refractivity (Wildman–Crippen MR) is 98.8 cm³/mol. The summed E-state index contributed by atoms with van der Waals surface area (Å²) in [7, 11) is 0. The maximum Gasteiger partial charge on any atom is 0.163 e. The number of hydrogen-bond acceptors (Lipinski definition) is 7. The van der Waals surface area contributed by atoms with Gasteiger partial charge in [0.2, 0.25) is 0 Å². The Morgan fingerprint density at radius 1 is 0.741 bits per heavy atom. The van der Waals surface area contributed by atoms with Gasteiger partial charge in [-0.25, -0.2) is 0 Å². The van der Waals surface area contributed by atoms with E-state index in [1.807, 2.05) is 12.2 Å². The second-order valence-corrected chi connectivity index (χ2v) is 5.82. The minimum atomic E-state index is -0.172. The van der Waals surface area contributed by atoms with Crippen LogP contribution >= 0.6 is 0 Å². The Bertz CT molecular complexity index is 684. The van der Waals surface area contributed by atoms with Gasteiger partial charge in [-0.3, -0.25) is 0 Å². The Morgan fingerprint density at radius 2 is 1.30 bits per heavy atom. The van der Waals surface area contributed by atoms with Crippen molar-refractivity contribution in [2.45, 2.75) is 0 Å². The van der Waals surface area contributed by atoms with Crippen LogP contribution in [0, 0.1) is 0 Å². The molecule has 1 heterocycles. The van der Waals surface area contributed by atoms with Crippen molar-refractivity contribution in [2.24, 2.45) is 0 Å². The van der Waals surface area contributed by atoms with E-state index >= 15 is 0 Å². The van der Waals surface area contributed by atoms with E-state index in [1.165, 1.54) is 0 Å². The molecule has 0 radical (unpaired) electrons. The van der Waals surface area contributed by atoms with Crippen LogP contribution in [-0.2, 0) is 14.2 Å². The first-order chi connectivity index (χ1) is 13.3. The fourth-order valence-corrected chi connectivity index (χ4v) is 2.51. The van der Waals surface area contributed by atoms with Crippen LogP contribution in [0.15, 0.2) is 54.0 Å². The summed E-state index contributed by atoms with van der Waals surface area (Å²) in [5.41, 5.74) is 1.24. The Hall–Kier alpha value is -2.48. The van der Waals surface area contributed by atoms with E-state index in [1.54, 1.807) is 30.4 Å². The highest BCUT2D eigenvalue weighted by Gasteiger charge is 2.08. The summed E-state index contributed by atoms with van der Waals surface area (Å²) in [6, 6.07) is 5.30. The predicted octanol–water partition coefficient (Wildman–Crippen LogP) is 1.62. The lowest BCUT2D eigenvalue weighted by atomic mass is 10.2. The fourth-order valence-electron chi connectivity index (χ4n) is 2.51. The van der Waals surface area contributed by atoms with Gasteiger partial charge in [0.05, 0.1) is 39.6 Å². The van der Waals surface area contributed by atoms with Crippen molar-refractivity contribution in [1.82, 2.24) is 0 Å². The van der Waals surface area contributed by atoms with Crippen LogP contribution in [0.5, 0.6) is 11.5 Å². The van der Waals surface area contributed by atoms with Gasteiger partial charge in [0.15, 0.2) is 11.5 Å². The first kappa shape index (κ1) is 19.3. The van der Waals surface area contributed by atoms with E-state index in [0.29, 0.717) is 75.6 Å².